The van der Waals surface area contributed by atoms with E-state index >= 15 is 0 Å². The predicted octanol–water partition coefficient (Wildman–Crippen LogP) is 2.12. The first kappa shape index (κ1) is 11.6. The molecule has 2 fully saturated rings. The summed E-state index contributed by atoms with van der Waals surface area (Å²) in [6, 6.07) is 0.872. The van der Waals surface area contributed by atoms with Crippen LogP contribution in [0.5, 0.6) is 0 Å². The molecule has 1 unspecified atom stereocenters. The lowest BCUT2D eigenvalue weighted by atomic mass is 9.99. The van der Waals surface area contributed by atoms with Crippen LogP contribution < -0.4 is 5.32 Å². The van der Waals surface area contributed by atoms with E-state index < -0.39 is 0 Å². The molecule has 2 heterocycles. The summed E-state index contributed by atoms with van der Waals surface area (Å²) in [6.45, 7) is 7.70. The second-order valence-electron chi connectivity index (χ2n) is 5.36. The highest BCUT2D eigenvalue weighted by Gasteiger charge is 2.45. The van der Waals surface area contributed by atoms with E-state index in [-0.39, 0.29) is 5.54 Å². The number of aryl methyl sites for hydroxylation is 1. The van der Waals surface area contributed by atoms with Crippen molar-refractivity contribution in [3.05, 3.63) is 16.1 Å². The molecule has 4 heteroatoms. The molecular weight excluding hydrogens is 230 g/mol. The van der Waals surface area contributed by atoms with Gasteiger partial charge in [-0.2, -0.15) is 0 Å². The molecule has 2 aliphatic rings. The van der Waals surface area contributed by atoms with Gasteiger partial charge in [0, 0.05) is 30.2 Å². The predicted molar refractivity (Wildman–Crippen MR) is 71.4 cm³/mol. The number of hydrogen-bond acceptors (Lipinski definition) is 4. The zero-order chi connectivity index (χ0) is 11.9. The Labute approximate surface area is 107 Å². The van der Waals surface area contributed by atoms with Gasteiger partial charge >= 0.3 is 0 Å². The fourth-order valence-corrected chi connectivity index (χ4v) is 3.89. The standard InChI is InChI=1S/C13H21N3S/c1-3-14-13(12-15-10(2)8-17-12)6-7-16(9-13)11-4-5-11/h8,11,14H,3-7,9H2,1-2H3. The van der Waals surface area contributed by atoms with Crippen molar-refractivity contribution in [3.63, 3.8) is 0 Å². The topological polar surface area (TPSA) is 28.2 Å². The number of nitrogens with zero attached hydrogens (tertiary/aromatic N) is 2. The van der Waals surface area contributed by atoms with Gasteiger partial charge < -0.3 is 5.32 Å². The van der Waals surface area contributed by atoms with Gasteiger partial charge in [0.15, 0.2) is 0 Å². The molecule has 0 amide bonds. The summed E-state index contributed by atoms with van der Waals surface area (Å²) >= 11 is 1.82. The minimum Gasteiger partial charge on any atom is -0.305 e. The van der Waals surface area contributed by atoms with Crippen LogP contribution in [0.15, 0.2) is 5.38 Å². The van der Waals surface area contributed by atoms with Crippen LogP contribution in [0.4, 0.5) is 0 Å². The highest BCUT2D eigenvalue weighted by atomic mass is 32.1. The summed E-state index contributed by atoms with van der Waals surface area (Å²) in [5.41, 5.74) is 1.29. The summed E-state index contributed by atoms with van der Waals surface area (Å²) < 4.78 is 0. The van der Waals surface area contributed by atoms with Gasteiger partial charge in [-0.05, 0) is 32.7 Å². The van der Waals surface area contributed by atoms with Gasteiger partial charge in [0.2, 0.25) is 0 Å². The van der Waals surface area contributed by atoms with Crippen molar-refractivity contribution in [1.29, 1.82) is 0 Å². The van der Waals surface area contributed by atoms with Crippen molar-refractivity contribution in [2.24, 2.45) is 0 Å². The molecule has 0 bridgehead atoms. The van der Waals surface area contributed by atoms with Gasteiger partial charge in [0.1, 0.15) is 5.01 Å². The number of nitrogens with one attached hydrogen (secondary N) is 1. The highest BCUT2D eigenvalue weighted by molar-refractivity contribution is 7.09. The van der Waals surface area contributed by atoms with Crippen molar-refractivity contribution in [2.45, 2.75) is 44.7 Å². The van der Waals surface area contributed by atoms with Crippen molar-refractivity contribution in [1.82, 2.24) is 15.2 Å². The summed E-state index contributed by atoms with van der Waals surface area (Å²) in [6.07, 6.45) is 4.02. The Morgan fingerprint density at radius 2 is 2.41 bits per heavy atom. The molecule has 0 spiro atoms. The lowest BCUT2D eigenvalue weighted by molar-refractivity contribution is 0.276. The van der Waals surface area contributed by atoms with Crippen molar-refractivity contribution < 1.29 is 0 Å². The third-order valence-electron chi connectivity index (χ3n) is 3.91. The Kier molecular flexibility index (Phi) is 2.97. The Balaban J connectivity index is 1.83. The summed E-state index contributed by atoms with van der Waals surface area (Å²) in [7, 11) is 0. The molecular formula is C13H21N3S. The zero-order valence-corrected chi connectivity index (χ0v) is 11.5. The van der Waals surface area contributed by atoms with Crippen LogP contribution >= 0.6 is 11.3 Å². The Hall–Kier alpha value is -0.450. The molecule has 17 heavy (non-hydrogen) atoms. The summed E-state index contributed by atoms with van der Waals surface area (Å²) in [5.74, 6) is 0. The summed E-state index contributed by atoms with van der Waals surface area (Å²) in [5, 5.41) is 7.17. The molecule has 0 aromatic carbocycles. The molecule has 1 aliphatic carbocycles. The smallest absolute Gasteiger partial charge is 0.114 e. The number of likely N-dealkylation sites (N-methyl/N-ethyl adjacent to an activating group) is 1. The van der Waals surface area contributed by atoms with Gasteiger partial charge in [0.25, 0.3) is 0 Å². The lowest BCUT2D eigenvalue weighted by Gasteiger charge is -2.28. The first-order chi connectivity index (χ1) is 8.23. The van der Waals surface area contributed by atoms with Crippen LogP contribution in [0.3, 0.4) is 0 Å². The molecule has 3 nitrogen and oxygen atoms in total. The van der Waals surface area contributed by atoms with Crippen LogP contribution in [0.2, 0.25) is 0 Å². The number of rotatable bonds is 4. The number of likely N-dealkylation sites (tertiary alicyclic amines) is 1. The maximum atomic E-state index is 4.73. The van der Waals surface area contributed by atoms with Crippen LogP contribution in [0.25, 0.3) is 0 Å². The highest BCUT2D eigenvalue weighted by Crippen LogP contribution is 2.39. The van der Waals surface area contributed by atoms with E-state index in [0.717, 1.165) is 24.8 Å². The summed E-state index contributed by atoms with van der Waals surface area (Å²) in [4.78, 5) is 7.38. The van der Waals surface area contributed by atoms with E-state index in [2.05, 4.69) is 29.4 Å². The average Bonchev–Trinajstić information content (AvgIpc) is 2.93. The van der Waals surface area contributed by atoms with Gasteiger partial charge in [-0.15, -0.1) is 11.3 Å². The largest absolute Gasteiger partial charge is 0.305 e. The van der Waals surface area contributed by atoms with Gasteiger partial charge in [-0.25, -0.2) is 4.98 Å². The molecule has 1 saturated heterocycles. The van der Waals surface area contributed by atoms with Gasteiger partial charge in [-0.3, -0.25) is 4.90 Å². The molecule has 3 rings (SSSR count). The van der Waals surface area contributed by atoms with Crippen molar-refractivity contribution >= 4 is 11.3 Å². The molecule has 1 saturated carbocycles. The fourth-order valence-electron chi connectivity index (χ4n) is 2.90. The maximum absolute atomic E-state index is 4.73. The minimum absolute atomic E-state index is 0.135. The second kappa shape index (κ2) is 4.34. The third kappa shape index (κ3) is 2.14. The molecule has 1 N–H and O–H groups in total. The molecule has 1 aliphatic heterocycles. The van der Waals surface area contributed by atoms with E-state index in [9.17, 15) is 0 Å². The van der Waals surface area contributed by atoms with Crippen LogP contribution in [-0.4, -0.2) is 35.6 Å². The number of hydrogen-bond donors (Lipinski definition) is 1. The normalized spacial score (nSPS) is 30.0. The van der Waals surface area contributed by atoms with Crippen molar-refractivity contribution in [3.8, 4) is 0 Å². The lowest BCUT2D eigenvalue weighted by Crippen LogP contribution is -2.45. The number of thiazole rings is 1. The van der Waals surface area contributed by atoms with Crippen LogP contribution in [0, 0.1) is 6.92 Å². The molecule has 94 valence electrons. The van der Waals surface area contributed by atoms with Crippen molar-refractivity contribution in [2.75, 3.05) is 19.6 Å². The minimum atomic E-state index is 0.135. The fraction of sp³-hybridized carbons (Fsp3) is 0.769. The molecule has 1 aromatic rings. The van der Waals surface area contributed by atoms with E-state index in [0.29, 0.717) is 0 Å². The van der Waals surface area contributed by atoms with Gasteiger partial charge in [-0.1, -0.05) is 6.92 Å². The Bertz CT molecular complexity index is 399. The Morgan fingerprint density at radius 3 is 3.00 bits per heavy atom. The number of aromatic nitrogens is 1. The second-order valence-corrected chi connectivity index (χ2v) is 6.22. The zero-order valence-electron chi connectivity index (χ0n) is 10.7. The van der Waals surface area contributed by atoms with Crippen LogP contribution in [-0.2, 0) is 5.54 Å². The van der Waals surface area contributed by atoms with E-state index in [1.54, 1.807) is 0 Å². The van der Waals surface area contributed by atoms with Crippen LogP contribution in [0.1, 0.15) is 36.9 Å². The molecule has 0 radical (unpaired) electrons. The monoisotopic (exact) mass is 251 g/mol. The molecule has 1 aromatic heterocycles. The van der Waals surface area contributed by atoms with Gasteiger partial charge in [0.05, 0.1) is 5.54 Å². The van der Waals surface area contributed by atoms with E-state index in [1.165, 1.54) is 30.8 Å². The van der Waals surface area contributed by atoms with E-state index in [4.69, 9.17) is 4.98 Å². The van der Waals surface area contributed by atoms with E-state index in [1.807, 2.05) is 11.3 Å². The first-order valence-corrected chi connectivity index (χ1v) is 7.53. The third-order valence-corrected chi connectivity index (χ3v) is 5.07. The molecule has 1 atom stereocenters. The quantitative estimate of drug-likeness (QED) is 0.888. The maximum Gasteiger partial charge on any atom is 0.114 e. The SMILES string of the molecule is CCNC1(c2nc(C)cs2)CCN(C2CC2)C1. The average molecular weight is 251 g/mol. The Morgan fingerprint density at radius 1 is 1.59 bits per heavy atom. The first-order valence-electron chi connectivity index (χ1n) is 6.65.